The van der Waals surface area contributed by atoms with Gasteiger partial charge in [0.05, 0.1) is 6.20 Å². The summed E-state index contributed by atoms with van der Waals surface area (Å²) in [5, 5.41) is 12.6. The number of aromatic nitrogens is 5. The van der Waals surface area contributed by atoms with Gasteiger partial charge in [0.1, 0.15) is 17.5 Å². The molecule has 140 valence electrons. The van der Waals surface area contributed by atoms with E-state index in [4.69, 9.17) is 9.26 Å². The Hall–Kier alpha value is -3.03. The first-order valence-corrected chi connectivity index (χ1v) is 9.08. The number of piperidine rings is 1. The summed E-state index contributed by atoms with van der Waals surface area (Å²) in [4.78, 5) is 10.7. The van der Waals surface area contributed by atoms with Gasteiger partial charge in [-0.3, -0.25) is 4.98 Å². The largest absolute Gasteiger partial charge is 0.489 e. The highest BCUT2D eigenvalue weighted by Gasteiger charge is 2.23. The predicted octanol–water partition coefficient (Wildman–Crippen LogP) is 2.89. The van der Waals surface area contributed by atoms with Gasteiger partial charge in [-0.15, -0.1) is 10.2 Å². The Morgan fingerprint density at radius 3 is 2.56 bits per heavy atom. The third-order valence-electron chi connectivity index (χ3n) is 4.64. The van der Waals surface area contributed by atoms with E-state index in [1.54, 1.807) is 13.1 Å². The first-order chi connectivity index (χ1) is 13.1. The maximum absolute atomic E-state index is 6.05. The molecule has 1 aliphatic rings. The Balaban J connectivity index is 1.39. The van der Waals surface area contributed by atoms with Crippen LogP contribution in [0.1, 0.15) is 30.0 Å². The molecule has 4 heterocycles. The molecule has 0 aromatic carbocycles. The van der Waals surface area contributed by atoms with E-state index in [1.165, 1.54) is 0 Å². The molecular weight excluding hydrogens is 344 g/mol. The molecule has 8 heteroatoms. The van der Waals surface area contributed by atoms with E-state index in [0.717, 1.165) is 48.8 Å². The molecule has 0 unspecified atom stereocenters. The van der Waals surface area contributed by atoms with Crippen LogP contribution in [0.4, 0.5) is 5.82 Å². The molecule has 0 radical (unpaired) electrons. The molecule has 0 saturated carbocycles. The van der Waals surface area contributed by atoms with E-state index >= 15 is 0 Å². The minimum atomic E-state index is 0.195. The van der Waals surface area contributed by atoms with Crippen molar-refractivity contribution in [2.45, 2.75) is 39.7 Å². The second-order valence-electron chi connectivity index (χ2n) is 6.81. The number of ether oxygens (including phenoxy) is 1. The van der Waals surface area contributed by atoms with E-state index in [9.17, 15) is 0 Å². The van der Waals surface area contributed by atoms with Crippen LogP contribution in [0.3, 0.4) is 0 Å². The Labute approximate surface area is 157 Å². The van der Waals surface area contributed by atoms with E-state index in [1.807, 2.05) is 32.0 Å². The lowest BCUT2D eigenvalue weighted by atomic mass is 10.1. The monoisotopic (exact) mass is 366 g/mol. The molecule has 4 rings (SSSR count). The lowest BCUT2D eigenvalue weighted by Gasteiger charge is -2.33. The fourth-order valence-corrected chi connectivity index (χ4v) is 3.21. The first-order valence-electron chi connectivity index (χ1n) is 9.08. The van der Waals surface area contributed by atoms with Gasteiger partial charge >= 0.3 is 0 Å². The lowest BCUT2D eigenvalue weighted by molar-refractivity contribution is 0.170. The van der Waals surface area contributed by atoms with Gasteiger partial charge in [-0.1, -0.05) is 5.16 Å². The van der Waals surface area contributed by atoms with Crippen molar-refractivity contribution in [3.05, 3.63) is 41.5 Å². The van der Waals surface area contributed by atoms with Crippen molar-refractivity contribution in [1.82, 2.24) is 25.3 Å². The van der Waals surface area contributed by atoms with Crippen LogP contribution < -0.4 is 9.64 Å². The predicted molar refractivity (Wildman–Crippen MR) is 99.6 cm³/mol. The van der Waals surface area contributed by atoms with Crippen molar-refractivity contribution in [3.63, 3.8) is 0 Å². The van der Waals surface area contributed by atoms with Crippen molar-refractivity contribution in [1.29, 1.82) is 0 Å². The first kappa shape index (κ1) is 17.4. The van der Waals surface area contributed by atoms with Crippen molar-refractivity contribution in [3.8, 4) is 17.3 Å². The molecular formula is C19H22N6O2. The highest BCUT2D eigenvalue weighted by molar-refractivity contribution is 5.55. The quantitative estimate of drug-likeness (QED) is 0.696. The van der Waals surface area contributed by atoms with Gasteiger partial charge in [-0.2, -0.15) is 4.98 Å². The van der Waals surface area contributed by atoms with Crippen molar-refractivity contribution in [2.75, 3.05) is 18.0 Å². The van der Waals surface area contributed by atoms with Crippen LogP contribution in [0.2, 0.25) is 0 Å². The third kappa shape index (κ3) is 3.89. The minimum absolute atomic E-state index is 0.195. The normalized spacial score (nSPS) is 15.1. The van der Waals surface area contributed by atoms with Crippen LogP contribution >= 0.6 is 0 Å². The molecule has 0 spiro atoms. The van der Waals surface area contributed by atoms with Crippen LogP contribution in [0.5, 0.6) is 5.75 Å². The maximum atomic E-state index is 6.05. The fourth-order valence-electron chi connectivity index (χ4n) is 3.21. The number of aryl methyl sites for hydroxylation is 3. The van der Waals surface area contributed by atoms with Gasteiger partial charge in [-0.25, -0.2) is 0 Å². The Bertz CT molecular complexity index is 916. The Kier molecular flexibility index (Phi) is 4.70. The summed E-state index contributed by atoms with van der Waals surface area (Å²) in [5.41, 5.74) is 2.66. The van der Waals surface area contributed by atoms with Crippen LogP contribution in [-0.4, -0.2) is 44.5 Å². The zero-order valence-electron chi connectivity index (χ0n) is 15.7. The van der Waals surface area contributed by atoms with Gasteiger partial charge in [0.2, 0.25) is 11.7 Å². The van der Waals surface area contributed by atoms with E-state index in [-0.39, 0.29) is 6.10 Å². The van der Waals surface area contributed by atoms with Crippen molar-refractivity contribution < 1.29 is 9.26 Å². The van der Waals surface area contributed by atoms with Crippen LogP contribution in [0, 0.1) is 20.8 Å². The minimum Gasteiger partial charge on any atom is -0.489 e. The van der Waals surface area contributed by atoms with E-state index < -0.39 is 0 Å². The summed E-state index contributed by atoms with van der Waals surface area (Å²) in [6, 6.07) is 5.89. The molecule has 3 aromatic heterocycles. The highest BCUT2D eigenvalue weighted by atomic mass is 16.5. The molecule has 0 aliphatic carbocycles. The zero-order chi connectivity index (χ0) is 18.8. The third-order valence-corrected chi connectivity index (χ3v) is 4.64. The number of hydrogen-bond donors (Lipinski definition) is 0. The van der Waals surface area contributed by atoms with Crippen LogP contribution in [-0.2, 0) is 0 Å². The van der Waals surface area contributed by atoms with Crippen LogP contribution in [0.25, 0.3) is 11.5 Å². The summed E-state index contributed by atoms with van der Waals surface area (Å²) in [6.45, 7) is 7.50. The van der Waals surface area contributed by atoms with E-state index in [0.29, 0.717) is 17.4 Å². The standard InChI is InChI=1S/C19H22N6O2/c1-12-10-17(18-21-14(3)27-24-18)22-23-19(12)25-8-6-15(7-9-25)26-16-5-4-13(2)20-11-16/h4-5,10-11,15H,6-9H2,1-3H3. The van der Waals surface area contributed by atoms with E-state index in [2.05, 4.69) is 30.2 Å². The topological polar surface area (TPSA) is 90.1 Å². The number of hydrogen-bond acceptors (Lipinski definition) is 8. The van der Waals surface area contributed by atoms with Crippen molar-refractivity contribution in [2.24, 2.45) is 0 Å². The highest BCUT2D eigenvalue weighted by Crippen LogP contribution is 2.25. The van der Waals surface area contributed by atoms with Gasteiger partial charge < -0.3 is 14.2 Å². The molecule has 27 heavy (non-hydrogen) atoms. The van der Waals surface area contributed by atoms with Gasteiger partial charge in [0.25, 0.3) is 0 Å². The lowest BCUT2D eigenvalue weighted by Crippen LogP contribution is -2.39. The Morgan fingerprint density at radius 1 is 1.11 bits per heavy atom. The fraction of sp³-hybridized carbons (Fsp3) is 0.421. The summed E-state index contributed by atoms with van der Waals surface area (Å²) in [5.74, 6) is 2.71. The summed E-state index contributed by atoms with van der Waals surface area (Å²) in [6.07, 6.45) is 3.85. The van der Waals surface area contributed by atoms with Crippen molar-refractivity contribution >= 4 is 5.82 Å². The molecule has 1 aliphatic heterocycles. The average molecular weight is 366 g/mol. The summed E-state index contributed by atoms with van der Waals surface area (Å²) >= 11 is 0. The molecule has 3 aromatic rings. The molecule has 8 nitrogen and oxygen atoms in total. The number of rotatable bonds is 4. The summed E-state index contributed by atoms with van der Waals surface area (Å²) < 4.78 is 11.1. The average Bonchev–Trinajstić information content (AvgIpc) is 3.11. The molecule has 1 saturated heterocycles. The van der Waals surface area contributed by atoms with Gasteiger partial charge in [0, 0.05) is 38.5 Å². The second-order valence-corrected chi connectivity index (χ2v) is 6.81. The van der Waals surface area contributed by atoms with Gasteiger partial charge in [0.15, 0.2) is 5.82 Å². The second kappa shape index (κ2) is 7.30. The summed E-state index contributed by atoms with van der Waals surface area (Å²) in [7, 11) is 0. The molecule has 1 fully saturated rings. The molecule has 0 N–H and O–H groups in total. The van der Waals surface area contributed by atoms with Crippen LogP contribution in [0.15, 0.2) is 28.9 Å². The SMILES string of the molecule is Cc1ccc(OC2CCN(c3nnc(-c4noc(C)n4)cc3C)CC2)cn1. The zero-order valence-corrected chi connectivity index (χ0v) is 15.7. The Morgan fingerprint density at radius 2 is 1.93 bits per heavy atom. The number of nitrogens with zero attached hydrogens (tertiary/aromatic N) is 6. The van der Waals surface area contributed by atoms with Gasteiger partial charge in [-0.05, 0) is 37.6 Å². The number of anilines is 1. The molecule has 0 atom stereocenters. The molecule has 0 bridgehead atoms. The smallest absolute Gasteiger partial charge is 0.223 e. The molecule has 0 amide bonds. The number of pyridine rings is 1. The maximum Gasteiger partial charge on any atom is 0.223 e.